The molecular formula is C23H36N2O2. The van der Waals surface area contributed by atoms with Crippen LogP contribution in [0.2, 0.25) is 0 Å². The molecule has 27 heavy (non-hydrogen) atoms. The number of nitrogens with two attached hydrogens (primary N) is 1. The molecule has 1 rings (SSSR count). The van der Waals surface area contributed by atoms with E-state index in [1.54, 1.807) is 0 Å². The third kappa shape index (κ3) is 6.90. The van der Waals surface area contributed by atoms with Crippen molar-refractivity contribution in [2.24, 2.45) is 11.7 Å². The third-order valence-electron chi connectivity index (χ3n) is 5.42. The van der Waals surface area contributed by atoms with Crippen LogP contribution in [0.1, 0.15) is 84.1 Å². The number of benzene rings is 1. The molecule has 0 aromatic heterocycles. The van der Waals surface area contributed by atoms with Crippen molar-refractivity contribution in [2.75, 3.05) is 0 Å². The molecule has 150 valence electrons. The van der Waals surface area contributed by atoms with E-state index < -0.39 is 11.5 Å². The van der Waals surface area contributed by atoms with Crippen LogP contribution >= 0.6 is 0 Å². The van der Waals surface area contributed by atoms with Gasteiger partial charge in [-0.2, -0.15) is 5.26 Å². The number of nitriles is 1. The summed E-state index contributed by atoms with van der Waals surface area (Å²) in [6.45, 7) is 6.42. The van der Waals surface area contributed by atoms with Gasteiger partial charge in [0.05, 0.1) is 11.5 Å². The molecule has 0 spiro atoms. The van der Waals surface area contributed by atoms with E-state index in [2.05, 4.69) is 26.8 Å². The maximum Gasteiger partial charge on any atom is 0.404 e. The minimum absolute atomic E-state index is 0.234. The van der Waals surface area contributed by atoms with Crippen molar-refractivity contribution in [3.05, 3.63) is 35.9 Å². The molecule has 2 N–H and O–H groups in total. The van der Waals surface area contributed by atoms with E-state index in [0.717, 1.165) is 44.1 Å². The average molecular weight is 373 g/mol. The number of rotatable bonds is 13. The van der Waals surface area contributed by atoms with Gasteiger partial charge in [0.1, 0.15) is 6.10 Å². The zero-order chi connectivity index (χ0) is 20.1. The molecule has 4 nitrogen and oxygen atoms in total. The maximum atomic E-state index is 11.4. The Bertz CT molecular complexity index is 582. The van der Waals surface area contributed by atoms with Crippen molar-refractivity contribution in [1.29, 1.82) is 5.26 Å². The summed E-state index contributed by atoms with van der Waals surface area (Å²) >= 11 is 0. The fourth-order valence-electron chi connectivity index (χ4n) is 4.13. The first-order chi connectivity index (χ1) is 13.0. The Morgan fingerprint density at radius 2 is 1.74 bits per heavy atom. The van der Waals surface area contributed by atoms with Crippen molar-refractivity contribution >= 4 is 6.09 Å². The highest BCUT2D eigenvalue weighted by Gasteiger charge is 2.42. The van der Waals surface area contributed by atoms with Crippen LogP contribution in [0, 0.1) is 17.2 Å². The molecule has 0 aliphatic carbocycles. The standard InChI is InChI=1S/C23H36N2O2/c1-4-7-9-14-19(12-5-2)23(18-24,20-15-10-8-11-16-20)17-21(13-6-3)27-22(25)26/h8,10-11,15-16,19,21H,4-7,9,12-14,17H2,1-3H3,(H2,25,26). The lowest BCUT2D eigenvalue weighted by Crippen LogP contribution is -2.39. The Labute approximate surface area is 165 Å². The maximum absolute atomic E-state index is 11.4. The molecule has 0 aliphatic heterocycles. The number of amides is 1. The minimum Gasteiger partial charge on any atom is -0.446 e. The number of primary amides is 1. The van der Waals surface area contributed by atoms with Crippen LogP contribution in [0.3, 0.4) is 0 Å². The predicted octanol–water partition coefficient (Wildman–Crippen LogP) is 6.10. The molecule has 1 amide bonds. The monoisotopic (exact) mass is 372 g/mol. The van der Waals surface area contributed by atoms with Gasteiger partial charge in [-0.1, -0.05) is 83.2 Å². The summed E-state index contributed by atoms with van der Waals surface area (Å²) in [5.41, 5.74) is 5.67. The number of carbonyl (C=O) groups is 1. The highest BCUT2D eigenvalue weighted by Crippen LogP contribution is 2.42. The largest absolute Gasteiger partial charge is 0.446 e. The molecule has 3 atom stereocenters. The summed E-state index contributed by atoms with van der Waals surface area (Å²) in [6.07, 6.45) is 7.48. The normalized spacial score (nSPS) is 15.3. The van der Waals surface area contributed by atoms with Crippen molar-refractivity contribution < 1.29 is 9.53 Å². The van der Waals surface area contributed by atoms with E-state index in [-0.39, 0.29) is 12.0 Å². The first kappa shape index (κ1) is 23.0. The molecule has 1 aromatic rings. The van der Waals surface area contributed by atoms with Gasteiger partial charge in [0.25, 0.3) is 0 Å². The molecule has 0 saturated heterocycles. The summed E-state index contributed by atoms with van der Waals surface area (Å²) in [5, 5.41) is 10.4. The summed E-state index contributed by atoms with van der Waals surface area (Å²) in [7, 11) is 0. The Hall–Kier alpha value is -2.02. The fourth-order valence-corrected chi connectivity index (χ4v) is 4.13. The summed E-state index contributed by atoms with van der Waals surface area (Å²) in [5.74, 6) is 0.234. The highest BCUT2D eigenvalue weighted by molar-refractivity contribution is 5.64. The smallest absolute Gasteiger partial charge is 0.404 e. The third-order valence-corrected chi connectivity index (χ3v) is 5.42. The van der Waals surface area contributed by atoms with E-state index in [1.807, 2.05) is 30.3 Å². The van der Waals surface area contributed by atoms with Crippen LogP contribution in [0.15, 0.2) is 30.3 Å². The molecule has 0 fully saturated rings. The first-order valence-electron chi connectivity index (χ1n) is 10.5. The van der Waals surface area contributed by atoms with Crippen LogP contribution in [0.25, 0.3) is 0 Å². The van der Waals surface area contributed by atoms with Crippen LogP contribution in [-0.2, 0) is 10.2 Å². The van der Waals surface area contributed by atoms with E-state index in [9.17, 15) is 10.1 Å². The molecule has 0 saturated carbocycles. The number of ether oxygens (including phenoxy) is 1. The Morgan fingerprint density at radius 1 is 1.07 bits per heavy atom. The lowest BCUT2D eigenvalue weighted by molar-refractivity contribution is 0.0736. The SMILES string of the molecule is CCCCCC(CCC)C(C#N)(CC(CCC)OC(N)=O)c1ccccc1. The summed E-state index contributed by atoms with van der Waals surface area (Å²) in [6, 6.07) is 12.7. The van der Waals surface area contributed by atoms with Gasteiger partial charge in [-0.3, -0.25) is 0 Å². The number of hydrogen-bond donors (Lipinski definition) is 1. The van der Waals surface area contributed by atoms with E-state index in [0.29, 0.717) is 12.8 Å². The quantitative estimate of drug-likeness (QED) is 0.425. The zero-order valence-corrected chi connectivity index (χ0v) is 17.2. The van der Waals surface area contributed by atoms with Crippen LogP contribution in [0.5, 0.6) is 0 Å². The topological polar surface area (TPSA) is 76.1 Å². The van der Waals surface area contributed by atoms with Crippen LogP contribution in [0.4, 0.5) is 4.79 Å². The van der Waals surface area contributed by atoms with Gasteiger partial charge < -0.3 is 10.5 Å². The van der Waals surface area contributed by atoms with Crippen LogP contribution in [-0.4, -0.2) is 12.2 Å². The molecular weight excluding hydrogens is 336 g/mol. The molecule has 4 heteroatoms. The number of carbonyl (C=O) groups excluding carboxylic acids is 1. The minimum atomic E-state index is -0.758. The number of unbranched alkanes of at least 4 members (excludes halogenated alkanes) is 2. The zero-order valence-electron chi connectivity index (χ0n) is 17.2. The second kappa shape index (κ2) is 12.4. The summed E-state index contributed by atoms with van der Waals surface area (Å²) in [4.78, 5) is 11.4. The molecule has 0 radical (unpaired) electrons. The highest BCUT2D eigenvalue weighted by atomic mass is 16.6. The van der Waals surface area contributed by atoms with Crippen molar-refractivity contribution in [3.63, 3.8) is 0 Å². The number of hydrogen-bond acceptors (Lipinski definition) is 3. The molecule has 1 aromatic carbocycles. The Morgan fingerprint density at radius 3 is 2.26 bits per heavy atom. The van der Waals surface area contributed by atoms with Gasteiger partial charge in [-0.05, 0) is 30.7 Å². The summed E-state index contributed by atoms with van der Waals surface area (Å²) < 4.78 is 5.41. The van der Waals surface area contributed by atoms with Gasteiger partial charge in [-0.15, -0.1) is 0 Å². The number of nitrogens with zero attached hydrogens (tertiary/aromatic N) is 1. The molecule has 3 unspecified atom stereocenters. The Balaban J connectivity index is 3.30. The van der Waals surface area contributed by atoms with Crippen molar-refractivity contribution in [3.8, 4) is 6.07 Å². The van der Waals surface area contributed by atoms with Gasteiger partial charge in [0, 0.05) is 6.42 Å². The van der Waals surface area contributed by atoms with E-state index >= 15 is 0 Å². The molecule has 0 bridgehead atoms. The second-order valence-electron chi connectivity index (χ2n) is 7.48. The average Bonchev–Trinajstić information content (AvgIpc) is 2.66. The molecule has 0 aliphatic rings. The van der Waals surface area contributed by atoms with Gasteiger partial charge in [0.2, 0.25) is 0 Å². The molecule has 0 heterocycles. The predicted molar refractivity (Wildman–Crippen MR) is 110 cm³/mol. The fraction of sp³-hybridized carbons (Fsp3) is 0.652. The Kier molecular flexibility index (Phi) is 10.6. The lowest BCUT2D eigenvalue weighted by atomic mass is 9.64. The van der Waals surface area contributed by atoms with E-state index in [1.165, 1.54) is 6.42 Å². The van der Waals surface area contributed by atoms with Gasteiger partial charge >= 0.3 is 6.09 Å². The van der Waals surface area contributed by atoms with Crippen molar-refractivity contribution in [2.45, 2.75) is 90.1 Å². The first-order valence-corrected chi connectivity index (χ1v) is 10.5. The van der Waals surface area contributed by atoms with Crippen molar-refractivity contribution in [1.82, 2.24) is 0 Å². The van der Waals surface area contributed by atoms with Crippen LogP contribution < -0.4 is 5.73 Å². The van der Waals surface area contributed by atoms with Gasteiger partial charge in [0.15, 0.2) is 0 Å². The van der Waals surface area contributed by atoms with E-state index in [4.69, 9.17) is 10.5 Å². The van der Waals surface area contributed by atoms with Gasteiger partial charge in [-0.25, -0.2) is 4.79 Å². The second-order valence-corrected chi connectivity index (χ2v) is 7.48. The lowest BCUT2D eigenvalue weighted by Gasteiger charge is -2.38.